The van der Waals surface area contributed by atoms with E-state index in [-0.39, 0.29) is 0 Å². The molecular weight excluding hydrogens is 196 g/mol. The van der Waals surface area contributed by atoms with Crippen molar-refractivity contribution in [3.8, 4) is 0 Å². The summed E-state index contributed by atoms with van der Waals surface area (Å²) in [6, 6.07) is 0. The van der Waals surface area contributed by atoms with Gasteiger partial charge in [-0.05, 0) is 39.3 Å². The summed E-state index contributed by atoms with van der Waals surface area (Å²) >= 11 is 0. The molecule has 2 rings (SSSR count). The monoisotopic (exact) mass is 215 g/mol. The van der Waals surface area contributed by atoms with Gasteiger partial charge in [0.05, 0.1) is 5.70 Å². The summed E-state index contributed by atoms with van der Waals surface area (Å²) in [5, 5.41) is 2.24. The summed E-state index contributed by atoms with van der Waals surface area (Å²) in [7, 11) is 0. The first-order valence-corrected chi connectivity index (χ1v) is 5.68. The molecule has 0 saturated heterocycles. The predicted molar refractivity (Wildman–Crippen MR) is 67.9 cm³/mol. The minimum absolute atomic E-state index is 1.10. The second-order valence-electron chi connectivity index (χ2n) is 4.68. The van der Waals surface area contributed by atoms with Crippen LogP contribution in [-0.4, -0.2) is 5.71 Å². The third-order valence-electron chi connectivity index (χ3n) is 3.09. The van der Waals surface area contributed by atoms with Crippen LogP contribution in [0.3, 0.4) is 0 Å². The smallest absolute Gasteiger partial charge is 0.142 e. The number of hydrogen-bond donors (Lipinski definition) is 1. The minimum Gasteiger partial charge on any atom is -0.285 e. The Kier molecular flexibility index (Phi) is 2.68. The van der Waals surface area contributed by atoms with Crippen LogP contribution < -0.4 is 5.32 Å². The van der Waals surface area contributed by atoms with Crippen molar-refractivity contribution in [2.45, 2.75) is 34.6 Å². The average molecular weight is 215 g/mol. The van der Waals surface area contributed by atoms with E-state index in [0.29, 0.717) is 0 Å². The largest absolute Gasteiger partial charge is 0.285 e. The van der Waals surface area contributed by atoms with Crippen molar-refractivity contribution in [2.75, 3.05) is 0 Å². The van der Waals surface area contributed by atoms with Gasteiger partial charge in [0.25, 0.3) is 0 Å². The van der Waals surface area contributed by atoms with Crippen molar-refractivity contribution >= 4 is 5.71 Å². The van der Waals surface area contributed by atoms with Crippen molar-refractivity contribution in [3.63, 3.8) is 0 Å². The fourth-order valence-electron chi connectivity index (χ4n) is 2.39. The van der Waals surface area contributed by atoms with Crippen LogP contribution in [0.5, 0.6) is 0 Å². The minimum atomic E-state index is 1.10. The lowest BCUT2D eigenvalue weighted by Crippen LogP contribution is -2.78. The highest BCUT2D eigenvalue weighted by atomic mass is 14.9. The zero-order valence-corrected chi connectivity index (χ0v) is 10.7. The molecule has 0 aromatic heterocycles. The van der Waals surface area contributed by atoms with Gasteiger partial charge in [-0.15, -0.1) is 0 Å². The van der Waals surface area contributed by atoms with Gasteiger partial charge in [-0.3, -0.25) is 10.3 Å². The van der Waals surface area contributed by atoms with E-state index in [1.54, 1.807) is 0 Å². The maximum absolute atomic E-state index is 4.60. The summed E-state index contributed by atoms with van der Waals surface area (Å²) in [6.07, 6.45) is 4.37. The van der Waals surface area contributed by atoms with Gasteiger partial charge < -0.3 is 0 Å². The van der Waals surface area contributed by atoms with E-state index < -0.39 is 0 Å². The maximum Gasteiger partial charge on any atom is 0.142 e. The molecule has 2 N–H and O–H groups in total. The van der Waals surface area contributed by atoms with Crippen molar-refractivity contribution in [1.29, 1.82) is 0 Å². The van der Waals surface area contributed by atoms with Crippen LogP contribution in [0.1, 0.15) is 34.6 Å². The molecule has 0 radical (unpaired) electrons. The van der Waals surface area contributed by atoms with Gasteiger partial charge in [-0.2, -0.15) is 0 Å². The molecular formula is C14H19N2+. The molecule has 2 heteroatoms. The normalized spacial score (nSPS) is 23.4. The standard InChI is InChI=1S/C14H18N2/c1-8-6-10(3)15-13(8)12(5)14-9(2)7-11(4)16-14/h6-7,15H,1-5H3/p+1/b14-12-. The molecule has 0 aliphatic carbocycles. The lowest BCUT2D eigenvalue weighted by Gasteiger charge is -2.06. The number of allylic oxidation sites excluding steroid dienone is 6. The SMILES string of the molecule is CC1=CC(C)=C(/C(C)=C2\N=C(C)C=C2C)[NH2+]1. The summed E-state index contributed by atoms with van der Waals surface area (Å²) in [6.45, 7) is 10.6. The lowest BCUT2D eigenvalue weighted by molar-refractivity contribution is -0.547. The second kappa shape index (κ2) is 3.87. The quantitative estimate of drug-likeness (QED) is 0.696. The number of aliphatic imine (C=N–C) groups is 1. The van der Waals surface area contributed by atoms with Crippen molar-refractivity contribution in [1.82, 2.24) is 0 Å². The number of rotatable bonds is 1. The highest BCUT2D eigenvalue weighted by Crippen LogP contribution is 2.26. The summed E-state index contributed by atoms with van der Waals surface area (Å²) in [5.74, 6) is 0. The molecule has 0 unspecified atom stereocenters. The Morgan fingerprint density at radius 1 is 1.12 bits per heavy atom. The predicted octanol–water partition coefficient (Wildman–Crippen LogP) is 2.44. The molecule has 0 spiro atoms. The highest BCUT2D eigenvalue weighted by molar-refractivity contribution is 5.98. The molecule has 0 bridgehead atoms. The van der Waals surface area contributed by atoms with E-state index in [1.807, 2.05) is 6.92 Å². The van der Waals surface area contributed by atoms with Gasteiger partial charge in [0, 0.05) is 29.9 Å². The average Bonchev–Trinajstić information content (AvgIpc) is 2.68. The molecule has 0 fully saturated rings. The van der Waals surface area contributed by atoms with Crippen LogP contribution in [0, 0.1) is 0 Å². The molecule has 0 saturated carbocycles. The molecule has 0 atom stereocenters. The van der Waals surface area contributed by atoms with Gasteiger partial charge >= 0.3 is 0 Å². The Bertz CT molecular complexity index is 497. The van der Waals surface area contributed by atoms with Gasteiger partial charge in [0.15, 0.2) is 0 Å². The first kappa shape index (κ1) is 11.1. The molecule has 0 amide bonds. The lowest BCUT2D eigenvalue weighted by atomic mass is 10.1. The third-order valence-corrected chi connectivity index (χ3v) is 3.09. The summed E-state index contributed by atoms with van der Waals surface area (Å²) in [5.41, 5.74) is 8.81. The molecule has 0 aromatic carbocycles. The molecule has 2 aliphatic rings. The molecule has 2 aliphatic heterocycles. The molecule has 0 aromatic rings. The van der Waals surface area contributed by atoms with Crippen molar-refractivity contribution in [2.24, 2.45) is 4.99 Å². The van der Waals surface area contributed by atoms with E-state index in [9.17, 15) is 0 Å². The molecule has 16 heavy (non-hydrogen) atoms. The number of hydrogen-bond acceptors (Lipinski definition) is 1. The van der Waals surface area contributed by atoms with Crippen LogP contribution in [0.2, 0.25) is 0 Å². The van der Waals surface area contributed by atoms with Gasteiger partial charge in [0.1, 0.15) is 11.4 Å². The van der Waals surface area contributed by atoms with Crippen LogP contribution in [0.4, 0.5) is 0 Å². The van der Waals surface area contributed by atoms with E-state index in [1.165, 1.54) is 28.1 Å². The van der Waals surface area contributed by atoms with Gasteiger partial charge in [0.2, 0.25) is 0 Å². The van der Waals surface area contributed by atoms with Crippen LogP contribution in [0.25, 0.3) is 0 Å². The Morgan fingerprint density at radius 3 is 2.25 bits per heavy atom. The zero-order chi connectivity index (χ0) is 11.9. The van der Waals surface area contributed by atoms with Crippen LogP contribution >= 0.6 is 0 Å². The van der Waals surface area contributed by atoms with Gasteiger partial charge in [-0.25, -0.2) is 0 Å². The second-order valence-corrected chi connectivity index (χ2v) is 4.68. The summed E-state index contributed by atoms with van der Waals surface area (Å²) < 4.78 is 0. The van der Waals surface area contributed by atoms with E-state index >= 15 is 0 Å². The van der Waals surface area contributed by atoms with Crippen LogP contribution in [0.15, 0.2) is 51.0 Å². The Balaban J connectivity index is 2.42. The Morgan fingerprint density at radius 2 is 1.81 bits per heavy atom. The van der Waals surface area contributed by atoms with Crippen molar-refractivity contribution in [3.05, 3.63) is 46.0 Å². The number of quaternary nitrogens is 1. The Hall–Kier alpha value is -1.41. The maximum atomic E-state index is 4.60. The highest BCUT2D eigenvalue weighted by Gasteiger charge is 2.21. The molecule has 2 nitrogen and oxygen atoms in total. The fraction of sp³-hybridized carbons (Fsp3) is 0.357. The van der Waals surface area contributed by atoms with Crippen molar-refractivity contribution < 1.29 is 5.32 Å². The van der Waals surface area contributed by atoms with E-state index in [2.05, 4.69) is 50.2 Å². The fourth-order valence-corrected chi connectivity index (χ4v) is 2.39. The Labute approximate surface area is 97.2 Å². The molecule has 2 heterocycles. The zero-order valence-electron chi connectivity index (χ0n) is 10.7. The summed E-state index contributed by atoms with van der Waals surface area (Å²) in [4.78, 5) is 4.60. The number of nitrogens with two attached hydrogens (primary N) is 1. The number of nitrogens with zero attached hydrogens (tertiary/aromatic N) is 1. The first-order chi connectivity index (χ1) is 7.49. The van der Waals surface area contributed by atoms with E-state index in [4.69, 9.17) is 0 Å². The molecule has 84 valence electrons. The third kappa shape index (κ3) is 1.81. The topological polar surface area (TPSA) is 29.0 Å². The van der Waals surface area contributed by atoms with Gasteiger partial charge in [-0.1, -0.05) is 0 Å². The van der Waals surface area contributed by atoms with Crippen LogP contribution in [-0.2, 0) is 0 Å². The first-order valence-electron chi connectivity index (χ1n) is 5.68. The van der Waals surface area contributed by atoms with E-state index in [0.717, 1.165) is 11.4 Å².